The minimum absolute atomic E-state index is 0.0502. The van der Waals surface area contributed by atoms with Crippen molar-refractivity contribution >= 4 is 0 Å². The van der Waals surface area contributed by atoms with E-state index in [1.165, 1.54) is 83.1 Å². The first kappa shape index (κ1) is 73.0. The molecule has 4 N–H and O–H groups in total. The van der Waals surface area contributed by atoms with Gasteiger partial charge >= 0.3 is 6.18 Å². The molecular formula is C67H129F4N11. The smallest absolute Gasteiger partial charge is 0.311 e. The lowest BCUT2D eigenvalue weighted by atomic mass is 9.84. The first-order valence-corrected chi connectivity index (χ1v) is 33.4. The van der Waals surface area contributed by atoms with E-state index < -0.39 is 17.6 Å². The van der Waals surface area contributed by atoms with Gasteiger partial charge in [0.1, 0.15) is 5.82 Å². The van der Waals surface area contributed by atoms with Crippen molar-refractivity contribution in [3.63, 3.8) is 0 Å². The monoisotopic (exact) mass is 1160 g/mol. The van der Waals surface area contributed by atoms with Crippen molar-refractivity contribution < 1.29 is 17.6 Å². The van der Waals surface area contributed by atoms with E-state index in [0.717, 1.165) is 129 Å². The Bertz CT molecular complexity index is 1830. The molecule has 0 aromatic heterocycles. The second-order valence-corrected chi connectivity index (χ2v) is 28.7. The van der Waals surface area contributed by atoms with Crippen molar-refractivity contribution in [2.75, 3.05) is 141 Å². The molecule has 3 aliphatic rings. The van der Waals surface area contributed by atoms with Crippen LogP contribution in [0.15, 0.2) is 18.2 Å². The molecule has 1 saturated heterocycles. The molecule has 1 aromatic rings. The number of rotatable bonds is 13. The number of benzene rings is 1. The Morgan fingerprint density at radius 2 is 1.21 bits per heavy atom. The van der Waals surface area contributed by atoms with E-state index in [4.69, 9.17) is 0 Å². The topological polar surface area (TPSA) is 70.8 Å². The van der Waals surface area contributed by atoms with Crippen LogP contribution in [0, 0.1) is 35.4 Å². The Kier molecular flexibility index (Phi) is 33.3. The van der Waals surface area contributed by atoms with Crippen LogP contribution in [0.1, 0.15) is 176 Å². The minimum Gasteiger partial charge on any atom is -0.311 e. The maximum absolute atomic E-state index is 14.9. The molecule has 1 heterocycles. The highest BCUT2D eigenvalue weighted by Crippen LogP contribution is 2.36. The molecule has 82 heavy (non-hydrogen) atoms. The van der Waals surface area contributed by atoms with Crippen molar-refractivity contribution in [2.24, 2.45) is 29.6 Å². The Morgan fingerprint density at radius 1 is 0.598 bits per heavy atom. The summed E-state index contributed by atoms with van der Waals surface area (Å²) in [6, 6.07) is 6.01. The molecule has 1 aromatic carbocycles. The van der Waals surface area contributed by atoms with Crippen molar-refractivity contribution in [1.29, 1.82) is 0 Å². The molecule has 0 unspecified atom stereocenters. The van der Waals surface area contributed by atoms with Crippen molar-refractivity contribution in [1.82, 2.24) is 55.6 Å². The fourth-order valence-corrected chi connectivity index (χ4v) is 13.8. The molecule has 15 heteroatoms. The van der Waals surface area contributed by atoms with Crippen LogP contribution in [-0.2, 0) is 12.6 Å². The predicted molar refractivity (Wildman–Crippen MR) is 342 cm³/mol. The number of alkyl halides is 3. The van der Waals surface area contributed by atoms with Crippen LogP contribution in [0.5, 0.6) is 0 Å². The predicted octanol–water partition coefficient (Wildman–Crippen LogP) is 11.1. The molecule has 3 fully saturated rings. The van der Waals surface area contributed by atoms with Crippen LogP contribution in [0.2, 0.25) is 0 Å². The molecule has 0 amide bonds. The Balaban J connectivity index is 1.62. The number of likely N-dealkylation sites (N-methyl/N-ethyl adjacent to an activating group) is 7. The maximum atomic E-state index is 14.9. The van der Waals surface area contributed by atoms with Crippen LogP contribution in [0.4, 0.5) is 17.6 Å². The highest BCUT2D eigenvalue weighted by Gasteiger charge is 2.39. The van der Waals surface area contributed by atoms with Crippen LogP contribution in [-0.4, -0.2) is 223 Å². The molecule has 2 saturated carbocycles. The quantitative estimate of drug-likeness (QED) is 0.143. The van der Waals surface area contributed by atoms with Gasteiger partial charge < -0.3 is 50.7 Å². The molecule has 2 aliphatic carbocycles. The fourth-order valence-electron chi connectivity index (χ4n) is 13.8. The van der Waals surface area contributed by atoms with Crippen LogP contribution in [0.25, 0.3) is 0 Å². The average Bonchev–Trinajstić information content (AvgIpc) is 3.96. The summed E-state index contributed by atoms with van der Waals surface area (Å²) >= 11 is 0. The molecule has 11 nitrogen and oxygen atoms in total. The molecule has 480 valence electrons. The van der Waals surface area contributed by atoms with E-state index in [1.807, 2.05) is 0 Å². The van der Waals surface area contributed by atoms with E-state index in [2.05, 4.69) is 167 Å². The van der Waals surface area contributed by atoms with E-state index >= 15 is 0 Å². The van der Waals surface area contributed by atoms with Crippen molar-refractivity contribution in [3.05, 3.63) is 35.1 Å². The zero-order valence-corrected chi connectivity index (χ0v) is 55.7. The van der Waals surface area contributed by atoms with Gasteiger partial charge in [-0.25, -0.2) is 4.39 Å². The number of aryl methyl sites for hydroxylation is 1. The number of nitrogens with zero attached hydrogens (tertiary/aromatic N) is 7. The molecule has 1 spiro atoms. The summed E-state index contributed by atoms with van der Waals surface area (Å²) in [7, 11) is 16.3. The highest BCUT2D eigenvalue weighted by molar-refractivity contribution is 5.26. The summed E-state index contributed by atoms with van der Waals surface area (Å²) < 4.78 is 55.7. The maximum Gasteiger partial charge on any atom is 0.419 e. The normalized spacial score (nSPS) is 28.8. The molecule has 0 radical (unpaired) electrons. The standard InChI is InChI=1S/C67H129F4N11/c1-17-54(8)65-49-78(12)36-35-76(10)37-38-80(14)62(42-56-23-19-18-20-24-56)48-77(11)34-32-72-58(27-25-57-26-28-63(64(68)43-57)67(69,70)71)44-73-60(40-52(4)5)47-82(16)66(30-21-22-31-66)50-75-59(39-51(2)3)46-81(15)55(9)29-33-79(13)61(45-74-65)41-53(6)7/h26,28,43,51-56,58-62,65,72-75H,17-25,27,29-42,44-50H2,1-16H3/t54-,55+,58-,59-,60-,61-,62-,65+/m0/s1. The lowest BCUT2D eigenvalue weighted by Gasteiger charge is -2.43. The summed E-state index contributed by atoms with van der Waals surface area (Å²) in [4.78, 5) is 18.2. The first-order chi connectivity index (χ1) is 38.8. The number of nitrogens with one attached hydrogen (secondary N) is 4. The van der Waals surface area contributed by atoms with E-state index in [1.54, 1.807) is 0 Å². The van der Waals surface area contributed by atoms with Crippen LogP contribution >= 0.6 is 0 Å². The van der Waals surface area contributed by atoms with E-state index in [9.17, 15) is 17.6 Å². The van der Waals surface area contributed by atoms with Gasteiger partial charge in [0.2, 0.25) is 0 Å². The van der Waals surface area contributed by atoms with Gasteiger partial charge in [-0.2, -0.15) is 13.2 Å². The fraction of sp³-hybridized carbons (Fsp3) is 0.910. The molecule has 1 aliphatic heterocycles. The van der Waals surface area contributed by atoms with Gasteiger partial charge in [-0.15, -0.1) is 0 Å². The molecule has 8 atom stereocenters. The van der Waals surface area contributed by atoms with Crippen LogP contribution in [0.3, 0.4) is 0 Å². The highest BCUT2D eigenvalue weighted by atomic mass is 19.4. The molecule has 4 rings (SSSR count). The van der Waals surface area contributed by atoms with Crippen LogP contribution < -0.4 is 21.3 Å². The largest absolute Gasteiger partial charge is 0.419 e. The number of hydrogen-bond donors (Lipinski definition) is 4. The second-order valence-electron chi connectivity index (χ2n) is 28.7. The summed E-state index contributed by atoms with van der Waals surface area (Å²) in [5.74, 6) is 1.88. The zero-order chi connectivity index (χ0) is 60.6. The Morgan fingerprint density at radius 3 is 1.83 bits per heavy atom. The summed E-state index contributed by atoms with van der Waals surface area (Å²) in [6.07, 6.45) is 14.9. The molecule has 0 bridgehead atoms. The third-order valence-corrected chi connectivity index (χ3v) is 19.9. The van der Waals surface area contributed by atoms with Gasteiger partial charge in [0, 0.05) is 133 Å². The third kappa shape index (κ3) is 26.9. The molecular weight excluding hydrogens is 1030 g/mol. The lowest BCUT2D eigenvalue weighted by molar-refractivity contribution is -0.140. The second kappa shape index (κ2) is 37.4. The number of halogens is 4. The van der Waals surface area contributed by atoms with Gasteiger partial charge in [-0.05, 0) is 168 Å². The SMILES string of the molecule is CC[C@H](C)[C@H]1CN(C)CCN(C)CCN(C)[C@@H](CC2CCCCC2)CN(C)CCN[C@@H](CCc2ccc(C(F)(F)F)c(F)c2)CN[C@@H](CC(C)C)CN(C)C2(CCCC2)CN[C@@H](CC(C)C)CN(C)[C@H](C)CCN(C)[C@@H](CC(C)C)CN1. The first-order valence-electron chi connectivity index (χ1n) is 33.4. The minimum atomic E-state index is -4.72. The number of hydrogen-bond acceptors (Lipinski definition) is 11. The van der Waals surface area contributed by atoms with E-state index in [-0.39, 0.29) is 17.6 Å². The lowest BCUT2D eigenvalue weighted by Crippen LogP contribution is -2.58. The van der Waals surface area contributed by atoms with Gasteiger partial charge in [0.15, 0.2) is 0 Å². The third-order valence-electron chi connectivity index (χ3n) is 19.9. The van der Waals surface area contributed by atoms with Gasteiger partial charge in [0.05, 0.1) is 5.56 Å². The van der Waals surface area contributed by atoms with Gasteiger partial charge in [-0.1, -0.05) is 113 Å². The Labute approximate surface area is 502 Å². The summed E-state index contributed by atoms with van der Waals surface area (Å²) in [5, 5.41) is 16.4. The van der Waals surface area contributed by atoms with Crippen molar-refractivity contribution in [3.8, 4) is 0 Å². The van der Waals surface area contributed by atoms with Crippen molar-refractivity contribution in [2.45, 2.75) is 225 Å². The van der Waals surface area contributed by atoms with Gasteiger partial charge in [-0.3, -0.25) is 4.90 Å². The zero-order valence-electron chi connectivity index (χ0n) is 55.7. The van der Waals surface area contributed by atoms with Gasteiger partial charge in [0.25, 0.3) is 0 Å². The Hall–Kier alpha value is -1.50. The summed E-state index contributed by atoms with van der Waals surface area (Å²) in [5.41, 5.74) is -0.525. The van der Waals surface area contributed by atoms with E-state index in [0.29, 0.717) is 72.3 Å². The summed E-state index contributed by atoms with van der Waals surface area (Å²) in [6.45, 7) is 35.0. The average molecular weight is 1160 g/mol.